The van der Waals surface area contributed by atoms with Crippen molar-refractivity contribution in [2.75, 3.05) is 0 Å². The Hall–Kier alpha value is -0.0400. The Kier molecular flexibility index (Phi) is 5.13. The Balaban J connectivity index is 2.08. The summed E-state index contributed by atoms with van der Waals surface area (Å²) in [5.74, 6) is 3.25. The number of aliphatic hydroxyl groups excluding tert-OH is 1. The van der Waals surface area contributed by atoms with Crippen molar-refractivity contribution >= 4 is 0 Å². The standard InChI is InChI=1S/C20H38O/c1-14(2)19(4,5)11-10-18-15(3)7-8-16-13-17(21)9-12-20(16,18)6/h14-18,21H,7-13H2,1-6H3. The van der Waals surface area contributed by atoms with E-state index < -0.39 is 0 Å². The van der Waals surface area contributed by atoms with Crippen LogP contribution in [0.3, 0.4) is 0 Å². The fourth-order valence-electron chi connectivity index (χ4n) is 5.08. The molecule has 0 radical (unpaired) electrons. The van der Waals surface area contributed by atoms with E-state index in [2.05, 4.69) is 41.5 Å². The highest BCUT2D eigenvalue weighted by Gasteiger charge is 2.49. The maximum atomic E-state index is 10.0. The first kappa shape index (κ1) is 17.3. The lowest BCUT2D eigenvalue weighted by Crippen LogP contribution is -2.47. The van der Waals surface area contributed by atoms with Gasteiger partial charge in [0.05, 0.1) is 6.10 Å². The van der Waals surface area contributed by atoms with Crippen LogP contribution in [-0.2, 0) is 0 Å². The van der Waals surface area contributed by atoms with Gasteiger partial charge in [-0.3, -0.25) is 0 Å². The van der Waals surface area contributed by atoms with Gasteiger partial charge in [-0.1, -0.05) is 48.0 Å². The van der Waals surface area contributed by atoms with Crippen LogP contribution in [0.1, 0.15) is 86.5 Å². The highest BCUT2D eigenvalue weighted by atomic mass is 16.3. The number of hydrogen-bond donors (Lipinski definition) is 1. The molecule has 1 N–H and O–H groups in total. The van der Waals surface area contributed by atoms with Crippen LogP contribution in [0, 0.1) is 34.5 Å². The van der Waals surface area contributed by atoms with E-state index in [1.165, 1.54) is 32.1 Å². The molecule has 1 heteroatoms. The van der Waals surface area contributed by atoms with E-state index in [0.717, 1.165) is 36.5 Å². The molecule has 21 heavy (non-hydrogen) atoms. The molecule has 2 saturated carbocycles. The molecule has 0 aromatic rings. The largest absolute Gasteiger partial charge is 0.393 e. The first-order chi connectivity index (χ1) is 9.67. The van der Waals surface area contributed by atoms with Crippen molar-refractivity contribution in [3.8, 4) is 0 Å². The zero-order chi connectivity index (χ0) is 15.8. The van der Waals surface area contributed by atoms with Crippen molar-refractivity contribution in [2.24, 2.45) is 34.5 Å². The first-order valence-corrected chi connectivity index (χ1v) is 9.35. The van der Waals surface area contributed by atoms with Gasteiger partial charge in [-0.25, -0.2) is 0 Å². The Bertz CT molecular complexity index is 346. The van der Waals surface area contributed by atoms with Gasteiger partial charge < -0.3 is 5.11 Å². The van der Waals surface area contributed by atoms with Crippen molar-refractivity contribution < 1.29 is 5.11 Å². The predicted octanol–water partition coefficient (Wildman–Crippen LogP) is 5.66. The third kappa shape index (κ3) is 3.49. The first-order valence-electron chi connectivity index (χ1n) is 9.35. The number of fused-ring (bicyclic) bond motifs is 1. The molecule has 2 aliphatic carbocycles. The average Bonchev–Trinajstić information content (AvgIpc) is 2.39. The van der Waals surface area contributed by atoms with Crippen molar-refractivity contribution in [3.63, 3.8) is 0 Å². The highest BCUT2D eigenvalue weighted by molar-refractivity contribution is 4.99. The molecular weight excluding hydrogens is 256 g/mol. The molecule has 0 amide bonds. The van der Waals surface area contributed by atoms with Gasteiger partial charge in [0.1, 0.15) is 0 Å². The molecule has 0 aromatic heterocycles. The third-order valence-corrected chi connectivity index (χ3v) is 7.67. The Labute approximate surface area is 132 Å². The van der Waals surface area contributed by atoms with Crippen LogP contribution in [0.25, 0.3) is 0 Å². The summed E-state index contributed by atoms with van der Waals surface area (Å²) < 4.78 is 0. The molecule has 124 valence electrons. The lowest BCUT2D eigenvalue weighted by atomic mass is 9.51. The Morgan fingerprint density at radius 2 is 1.86 bits per heavy atom. The molecule has 2 fully saturated rings. The second kappa shape index (κ2) is 6.22. The fraction of sp³-hybridized carbons (Fsp3) is 1.00. The second-order valence-electron chi connectivity index (χ2n) is 9.47. The van der Waals surface area contributed by atoms with Crippen LogP contribution in [0.15, 0.2) is 0 Å². The van der Waals surface area contributed by atoms with Crippen LogP contribution in [0.4, 0.5) is 0 Å². The molecule has 5 atom stereocenters. The zero-order valence-corrected chi connectivity index (χ0v) is 15.3. The molecule has 0 aromatic carbocycles. The van der Waals surface area contributed by atoms with Gasteiger partial charge >= 0.3 is 0 Å². The van der Waals surface area contributed by atoms with Crippen molar-refractivity contribution in [1.29, 1.82) is 0 Å². The van der Waals surface area contributed by atoms with Gasteiger partial charge in [-0.2, -0.15) is 0 Å². The molecule has 2 rings (SSSR count). The smallest absolute Gasteiger partial charge is 0.0543 e. The number of aliphatic hydroxyl groups is 1. The maximum Gasteiger partial charge on any atom is 0.0543 e. The Morgan fingerprint density at radius 1 is 1.19 bits per heavy atom. The van der Waals surface area contributed by atoms with Crippen LogP contribution < -0.4 is 0 Å². The summed E-state index contributed by atoms with van der Waals surface area (Å²) in [5.41, 5.74) is 0.946. The van der Waals surface area contributed by atoms with E-state index >= 15 is 0 Å². The number of rotatable bonds is 4. The minimum atomic E-state index is -0.0239. The topological polar surface area (TPSA) is 20.2 Å². The quantitative estimate of drug-likeness (QED) is 0.709. The maximum absolute atomic E-state index is 10.0. The van der Waals surface area contributed by atoms with Crippen LogP contribution >= 0.6 is 0 Å². The molecule has 0 heterocycles. The van der Waals surface area contributed by atoms with Gasteiger partial charge in [0.25, 0.3) is 0 Å². The van der Waals surface area contributed by atoms with Crippen molar-refractivity contribution in [1.82, 2.24) is 0 Å². The Morgan fingerprint density at radius 3 is 2.48 bits per heavy atom. The van der Waals surface area contributed by atoms with Gasteiger partial charge in [-0.15, -0.1) is 0 Å². The normalized spacial score (nSPS) is 41.1. The van der Waals surface area contributed by atoms with Gasteiger partial charge in [0.15, 0.2) is 0 Å². The zero-order valence-electron chi connectivity index (χ0n) is 15.3. The predicted molar refractivity (Wildman–Crippen MR) is 91.2 cm³/mol. The van der Waals surface area contributed by atoms with Crippen LogP contribution in [0.5, 0.6) is 0 Å². The average molecular weight is 295 g/mol. The minimum Gasteiger partial charge on any atom is -0.393 e. The summed E-state index contributed by atoms with van der Waals surface area (Å²) in [6, 6.07) is 0. The van der Waals surface area contributed by atoms with E-state index in [9.17, 15) is 5.11 Å². The van der Waals surface area contributed by atoms with Gasteiger partial charge in [0.2, 0.25) is 0 Å². The molecule has 0 bridgehead atoms. The summed E-state index contributed by atoms with van der Waals surface area (Å²) in [7, 11) is 0. The van der Waals surface area contributed by atoms with Crippen molar-refractivity contribution in [3.05, 3.63) is 0 Å². The van der Waals surface area contributed by atoms with Crippen LogP contribution in [0.2, 0.25) is 0 Å². The SMILES string of the molecule is CC1CCC2CC(O)CCC2(C)C1CCC(C)(C)C(C)C. The molecule has 2 aliphatic rings. The third-order valence-electron chi connectivity index (χ3n) is 7.67. The monoisotopic (exact) mass is 294 g/mol. The summed E-state index contributed by atoms with van der Waals surface area (Å²) in [4.78, 5) is 0. The lowest BCUT2D eigenvalue weighted by molar-refractivity contribution is -0.0740. The summed E-state index contributed by atoms with van der Waals surface area (Å²) in [6.07, 6.45) is 8.77. The molecule has 0 aliphatic heterocycles. The van der Waals surface area contributed by atoms with Gasteiger partial charge in [0, 0.05) is 0 Å². The molecular formula is C20H38O. The van der Waals surface area contributed by atoms with E-state index in [1.54, 1.807) is 0 Å². The molecule has 1 nitrogen and oxygen atoms in total. The number of hydrogen-bond acceptors (Lipinski definition) is 1. The molecule has 0 spiro atoms. The molecule has 0 saturated heterocycles. The second-order valence-corrected chi connectivity index (χ2v) is 9.47. The summed E-state index contributed by atoms with van der Waals surface area (Å²) in [6.45, 7) is 14.6. The lowest BCUT2D eigenvalue weighted by Gasteiger charge is -2.55. The summed E-state index contributed by atoms with van der Waals surface area (Å²) >= 11 is 0. The van der Waals surface area contributed by atoms with E-state index in [-0.39, 0.29) is 6.10 Å². The van der Waals surface area contributed by atoms with E-state index in [4.69, 9.17) is 0 Å². The molecule has 5 unspecified atom stereocenters. The highest BCUT2D eigenvalue weighted by Crippen LogP contribution is 2.57. The minimum absolute atomic E-state index is 0.0239. The van der Waals surface area contributed by atoms with Crippen molar-refractivity contribution in [2.45, 2.75) is 92.6 Å². The van der Waals surface area contributed by atoms with Crippen LogP contribution in [-0.4, -0.2) is 11.2 Å². The fourth-order valence-corrected chi connectivity index (χ4v) is 5.08. The summed E-state index contributed by atoms with van der Waals surface area (Å²) in [5, 5.41) is 10.0. The van der Waals surface area contributed by atoms with E-state index in [1.807, 2.05) is 0 Å². The van der Waals surface area contributed by atoms with Gasteiger partial charge in [-0.05, 0) is 73.0 Å². The van der Waals surface area contributed by atoms with E-state index in [0.29, 0.717) is 10.8 Å².